The van der Waals surface area contributed by atoms with Gasteiger partial charge in [-0.1, -0.05) is 261 Å². The van der Waals surface area contributed by atoms with Crippen LogP contribution in [0.3, 0.4) is 0 Å². The van der Waals surface area contributed by atoms with Crippen molar-refractivity contribution in [1.29, 1.82) is 0 Å². The van der Waals surface area contributed by atoms with E-state index in [2.05, 4.69) is 273 Å². The fourth-order valence-corrected chi connectivity index (χ4v) is 11.7. The second kappa shape index (κ2) is 17.4. The average Bonchev–Trinajstić information content (AvgIpc) is 3.78. The molecule has 0 bridgehead atoms. The normalized spacial score (nSPS) is 12.5. The van der Waals surface area contributed by atoms with Gasteiger partial charge in [0.05, 0.1) is 16.8 Å². The quantitative estimate of drug-likeness (QED) is 0.112. The number of fused-ring (bicyclic) bond motifs is 7. The molecule has 1 aliphatic rings. The van der Waals surface area contributed by atoms with Crippen molar-refractivity contribution in [1.82, 2.24) is 9.97 Å². The van der Waals surface area contributed by atoms with Crippen LogP contribution in [0, 0.1) is 0 Å². The number of hydrogen-bond donors (Lipinski definition) is 0. The molecule has 14 rings (SSSR count). The highest BCUT2D eigenvalue weighted by Gasteiger charge is 2.46. The van der Waals surface area contributed by atoms with Gasteiger partial charge in [0, 0.05) is 16.7 Å². The molecule has 0 unspecified atom stereocenters. The summed E-state index contributed by atoms with van der Waals surface area (Å²) in [6, 6.07) is 101. The number of rotatable bonds is 8. The van der Waals surface area contributed by atoms with Gasteiger partial charge < -0.3 is 0 Å². The Balaban J connectivity index is 0.797. The SMILES string of the molecule is c1ccc(-c2nc(-c3ccc(-c4ccc(-c5ccc(-c6c7ccccc7cc7c6ccc6ccccc67)cc5)cc4)cc3)cc(-c3ccc4c(c3)C(c3ccccc3)(c3ccccc3)c3ccccc3-4)n2)cc1. The zero-order chi connectivity index (χ0) is 48.3. The van der Waals surface area contributed by atoms with Crippen LogP contribution in [0.15, 0.2) is 279 Å². The largest absolute Gasteiger partial charge is 0.228 e. The number of hydrogen-bond acceptors (Lipinski definition) is 2. The molecule has 1 aliphatic carbocycles. The van der Waals surface area contributed by atoms with Crippen molar-refractivity contribution in [3.63, 3.8) is 0 Å². The minimum absolute atomic E-state index is 0.509. The lowest BCUT2D eigenvalue weighted by Gasteiger charge is -2.34. The standard InChI is InChI=1S/C71H46N2/c1-4-17-54(18-5-1)70-72-67(46-68(73-70)56-41-42-62-61-26-14-15-27-65(61)71(66(62)45-56,57-20-6-2-7-21-57)58-22-8-3-9-23-58)52-36-32-49(33-37-52)47-28-30-48(31-29-47)50-34-38-53(39-35-50)69-60-25-13-11-19-55(60)44-64-59-24-12-10-16-51(59)40-43-63(64)69/h1-46H. The topological polar surface area (TPSA) is 25.8 Å². The van der Waals surface area contributed by atoms with Gasteiger partial charge in [-0.25, -0.2) is 9.97 Å². The molecule has 13 aromatic rings. The highest BCUT2D eigenvalue weighted by atomic mass is 14.9. The first-order valence-electron chi connectivity index (χ1n) is 25.1. The zero-order valence-corrected chi connectivity index (χ0v) is 40.0. The third-order valence-electron chi connectivity index (χ3n) is 15.2. The van der Waals surface area contributed by atoms with Crippen LogP contribution in [0.4, 0.5) is 0 Å². The summed E-state index contributed by atoms with van der Waals surface area (Å²) in [7, 11) is 0. The van der Waals surface area contributed by atoms with Gasteiger partial charge in [0.15, 0.2) is 5.82 Å². The lowest BCUT2D eigenvalue weighted by Crippen LogP contribution is -2.28. The Hall–Kier alpha value is -9.50. The Kier molecular flexibility index (Phi) is 10.1. The van der Waals surface area contributed by atoms with Crippen LogP contribution in [-0.2, 0) is 5.41 Å². The Morgan fingerprint density at radius 3 is 1.37 bits per heavy atom. The molecular weight excluding hydrogens is 881 g/mol. The van der Waals surface area contributed by atoms with Gasteiger partial charge in [-0.15, -0.1) is 0 Å². The first-order chi connectivity index (χ1) is 36.2. The van der Waals surface area contributed by atoms with E-state index in [9.17, 15) is 0 Å². The van der Waals surface area contributed by atoms with E-state index in [0.29, 0.717) is 5.82 Å². The van der Waals surface area contributed by atoms with Crippen molar-refractivity contribution < 1.29 is 0 Å². The summed E-state index contributed by atoms with van der Waals surface area (Å²) in [6.45, 7) is 0. The van der Waals surface area contributed by atoms with Gasteiger partial charge in [-0.3, -0.25) is 0 Å². The predicted molar refractivity (Wildman–Crippen MR) is 304 cm³/mol. The van der Waals surface area contributed by atoms with E-state index < -0.39 is 5.41 Å². The molecular formula is C71H46N2. The van der Waals surface area contributed by atoms with Crippen LogP contribution in [0.5, 0.6) is 0 Å². The second-order valence-corrected chi connectivity index (χ2v) is 19.2. The maximum Gasteiger partial charge on any atom is 0.160 e. The van der Waals surface area contributed by atoms with E-state index in [1.54, 1.807) is 0 Å². The van der Waals surface area contributed by atoms with E-state index in [0.717, 1.165) is 39.2 Å². The van der Waals surface area contributed by atoms with E-state index in [-0.39, 0.29) is 0 Å². The lowest BCUT2D eigenvalue weighted by molar-refractivity contribution is 0.768. The first-order valence-corrected chi connectivity index (χ1v) is 25.1. The molecule has 0 aliphatic heterocycles. The molecule has 1 aromatic heterocycles. The Morgan fingerprint density at radius 1 is 0.247 bits per heavy atom. The summed E-state index contributed by atoms with van der Waals surface area (Å²) >= 11 is 0. The zero-order valence-electron chi connectivity index (χ0n) is 40.0. The smallest absolute Gasteiger partial charge is 0.160 e. The number of benzene rings is 12. The molecule has 0 radical (unpaired) electrons. The molecule has 73 heavy (non-hydrogen) atoms. The third-order valence-corrected chi connectivity index (χ3v) is 15.2. The van der Waals surface area contributed by atoms with Gasteiger partial charge in [0.25, 0.3) is 0 Å². The Labute approximate surface area is 425 Å². The van der Waals surface area contributed by atoms with E-state index in [4.69, 9.17) is 9.97 Å². The van der Waals surface area contributed by atoms with Gasteiger partial charge in [-0.05, 0) is 117 Å². The third kappa shape index (κ3) is 7.10. The molecule has 0 N–H and O–H groups in total. The summed E-state index contributed by atoms with van der Waals surface area (Å²) in [5.74, 6) is 0.695. The van der Waals surface area contributed by atoms with Crippen molar-refractivity contribution in [3.05, 3.63) is 301 Å². The molecule has 0 amide bonds. The molecule has 340 valence electrons. The van der Waals surface area contributed by atoms with Gasteiger partial charge in [-0.2, -0.15) is 0 Å². The fraction of sp³-hybridized carbons (Fsp3) is 0.0141. The monoisotopic (exact) mass is 926 g/mol. The van der Waals surface area contributed by atoms with E-state index in [1.807, 2.05) is 6.07 Å². The van der Waals surface area contributed by atoms with Crippen LogP contribution in [-0.4, -0.2) is 9.97 Å². The molecule has 12 aromatic carbocycles. The van der Waals surface area contributed by atoms with Crippen LogP contribution >= 0.6 is 0 Å². The highest BCUT2D eigenvalue weighted by molar-refractivity contribution is 6.20. The number of nitrogens with zero attached hydrogens (tertiary/aromatic N) is 2. The molecule has 0 fully saturated rings. The van der Waals surface area contributed by atoms with E-state index >= 15 is 0 Å². The van der Waals surface area contributed by atoms with Crippen molar-refractivity contribution in [2.45, 2.75) is 5.41 Å². The molecule has 0 spiro atoms. The van der Waals surface area contributed by atoms with E-state index in [1.165, 1.54) is 88.0 Å². The summed E-state index contributed by atoms with van der Waals surface area (Å²) in [4.78, 5) is 10.5. The van der Waals surface area contributed by atoms with Crippen molar-refractivity contribution >= 4 is 32.3 Å². The summed E-state index contributed by atoms with van der Waals surface area (Å²) in [6.07, 6.45) is 0. The van der Waals surface area contributed by atoms with Gasteiger partial charge in [0.1, 0.15) is 0 Å². The maximum atomic E-state index is 5.31. The Bertz CT molecular complexity index is 4160. The van der Waals surface area contributed by atoms with Crippen molar-refractivity contribution in [3.8, 4) is 78.4 Å². The fourth-order valence-electron chi connectivity index (χ4n) is 11.7. The van der Waals surface area contributed by atoms with Crippen LogP contribution < -0.4 is 0 Å². The minimum Gasteiger partial charge on any atom is -0.228 e. The minimum atomic E-state index is -0.509. The van der Waals surface area contributed by atoms with Gasteiger partial charge >= 0.3 is 0 Å². The molecule has 0 saturated carbocycles. The summed E-state index contributed by atoms with van der Waals surface area (Å²) in [5.41, 5.74) is 19.0. The predicted octanol–water partition coefficient (Wildman–Crippen LogP) is 18.3. The Morgan fingerprint density at radius 2 is 0.726 bits per heavy atom. The number of aromatic nitrogens is 2. The lowest BCUT2D eigenvalue weighted by atomic mass is 9.67. The van der Waals surface area contributed by atoms with Crippen molar-refractivity contribution in [2.75, 3.05) is 0 Å². The summed E-state index contributed by atoms with van der Waals surface area (Å²) in [5, 5.41) is 7.63. The van der Waals surface area contributed by atoms with Crippen molar-refractivity contribution in [2.24, 2.45) is 0 Å². The molecule has 2 heteroatoms. The average molecular weight is 927 g/mol. The summed E-state index contributed by atoms with van der Waals surface area (Å²) < 4.78 is 0. The highest BCUT2D eigenvalue weighted by Crippen LogP contribution is 2.56. The van der Waals surface area contributed by atoms with Crippen LogP contribution in [0.2, 0.25) is 0 Å². The molecule has 2 nitrogen and oxygen atoms in total. The second-order valence-electron chi connectivity index (χ2n) is 19.2. The van der Waals surface area contributed by atoms with Gasteiger partial charge in [0.2, 0.25) is 0 Å². The maximum absolute atomic E-state index is 5.31. The molecule has 1 heterocycles. The van der Waals surface area contributed by atoms with Crippen LogP contribution in [0.25, 0.3) is 111 Å². The van der Waals surface area contributed by atoms with Crippen LogP contribution in [0.1, 0.15) is 22.3 Å². The molecule has 0 saturated heterocycles. The first kappa shape index (κ1) is 42.4. The molecule has 0 atom stereocenters.